The molecule has 2 nitrogen and oxygen atoms in total. The summed E-state index contributed by atoms with van der Waals surface area (Å²) < 4.78 is 10.8. The molecule has 2 rings (SSSR count). The zero-order valence-corrected chi connectivity index (χ0v) is 14.5. The summed E-state index contributed by atoms with van der Waals surface area (Å²) in [5.74, 6) is 0. The van der Waals surface area contributed by atoms with Crippen molar-refractivity contribution in [3.63, 3.8) is 0 Å². The van der Waals surface area contributed by atoms with Crippen molar-refractivity contribution in [2.24, 2.45) is 0 Å². The summed E-state index contributed by atoms with van der Waals surface area (Å²) in [7, 11) is -1.70. The molecule has 3 heteroatoms. The van der Waals surface area contributed by atoms with E-state index in [1.54, 1.807) is 0 Å². The van der Waals surface area contributed by atoms with E-state index in [1.165, 1.54) is 11.1 Å². The fraction of sp³-hybridized carbons (Fsp3) is 0.333. The van der Waals surface area contributed by atoms with Gasteiger partial charge in [-0.05, 0) is 38.1 Å². The topological polar surface area (TPSA) is 18.5 Å². The molecule has 0 heterocycles. The third-order valence-corrected chi connectivity index (χ3v) is 4.83. The standard InChI is InChI=1S/C12H10.C6H16O2Si/c1-3-7-11(8-4-1)12-9-5-2-6-10-12;1-5-7-9(3,4)8-6-2/h1-10H;5-6H2,1-4H3. The molecule has 2 aromatic carbocycles. The van der Waals surface area contributed by atoms with Crippen LogP contribution in [0.4, 0.5) is 0 Å². The Morgan fingerprint density at radius 1 is 0.667 bits per heavy atom. The van der Waals surface area contributed by atoms with Crippen LogP contribution in [-0.4, -0.2) is 21.8 Å². The van der Waals surface area contributed by atoms with E-state index in [4.69, 9.17) is 8.85 Å². The molecule has 0 aliphatic heterocycles. The molecule has 0 amide bonds. The second kappa shape index (κ2) is 9.50. The zero-order valence-electron chi connectivity index (χ0n) is 13.5. The zero-order chi connectivity index (χ0) is 15.6. The van der Waals surface area contributed by atoms with Crippen LogP contribution in [0.5, 0.6) is 0 Å². The van der Waals surface area contributed by atoms with Crippen molar-refractivity contribution in [3.05, 3.63) is 60.7 Å². The van der Waals surface area contributed by atoms with Gasteiger partial charge in [0.1, 0.15) is 0 Å². The third kappa shape index (κ3) is 7.23. The van der Waals surface area contributed by atoms with Gasteiger partial charge >= 0.3 is 8.56 Å². The molecule has 0 fully saturated rings. The fourth-order valence-corrected chi connectivity index (χ4v) is 3.47. The van der Waals surface area contributed by atoms with Crippen LogP contribution in [0, 0.1) is 0 Å². The summed E-state index contributed by atoms with van der Waals surface area (Å²) in [6, 6.07) is 20.8. The summed E-state index contributed by atoms with van der Waals surface area (Å²) in [5, 5.41) is 0. The molecule has 0 radical (unpaired) electrons. The van der Waals surface area contributed by atoms with Gasteiger partial charge in [0.05, 0.1) is 0 Å². The second-order valence-corrected chi connectivity index (χ2v) is 8.37. The van der Waals surface area contributed by atoms with E-state index < -0.39 is 8.56 Å². The molecule has 0 spiro atoms. The molecule has 0 saturated carbocycles. The van der Waals surface area contributed by atoms with Crippen molar-refractivity contribution in [1.82, 2.24) is 0 Å². The molecule has 0 atom stereocenters. The highest BCUT2D eigenvalue weighted by Crippen LogP contribution is 2.17. The van der Waals surface area contributed by atoms with Gasteiger partial charge in [-0.25, -0.2) is 0 Å². The Balaban J connectivity index is 0.000000222. The maximum Gasteiger partial charge on any atom is 0.331 e. The first-order chi connectivity index (χ1) is 10.1. The van der Waals surface area contributed by atoms with Gasteiger partial charge in [-0.2, -0.15) is 0 Å². The molecule has 0 aliphatic carbocycles. The van der Waals surface area contributed by atoms with Gasteiger partial charge in [-0.3, -0.25) is 0 Å². The SMILES string of the molecule is CCO[Si](C)(C)OCC.c1ccc(-c2ccccc2)cc1. The molecule has 0 aromatic heterocycles. The first-order valence-corrected chi connectivity index (χ1v) is 10.3. The van der Waals surface area contributed by atoms with Crippen molar-refractivity contribution >= 4 is 8.56 Å². The van der Waals surface area contributed by atoms with Crippen molar-refractivity contribution in [2.45, 2.75) is 26.9 Å². The molecule has 0 unspecified atom stereocenters. The molecule has 114 valence electrons. The Labute approximate surface area is 130 Å². The summed E-state index contributed by atoms with van der Waals surface area (Å²) in [5.41, 5.74) is 2.55. The Hall–Kier alpha value is -1.42. The highest BCUT2D eigenvalue weighted by Gasteiger charge is 2.22. The number of hydrogen-bond donors (Lipinski definition) is 0. The molecular weight excluding hydrogens is 276 g/mol. The summed E-state index contributed by atoms with van der Waals surface area (Å²) >= 11 is 0. The average molecular weight is 302 g/mol. The molecule has 21 heavy (non-hydrogen) atoms. The minimum absolute atomic E-state index is 0.763. The maximum absolute atomic E-state index is 5.39. The van der Waals surface area contributed by atoms with Crippen molar-refractivity contribution < 1.29 is 8.85 Å². The highest BCUT2D eigenvalue weighted by atomic mass is 28.4. The summed E-state index contributed by atoms with van der Waals surface area (Å²) in [6.45, 7) is 9.62. The average Bonchev–Trinajstić information content (AvgIpc) is 2.49. The predicted molar refractivity (Wildman–Crippen MR) is 92.6 cm³/mol. The third-order valence-electron chi connectivity index (χ3n) is 2.86. The molecule has 0 aliphatic rings. The molecule has 0 N–H and O–H groups in total. The van der Waals surface area contributed by atoms with Gasteiger partial charge in [-0.1, -0.05) is 60.7 Å². The smallest absolute Gasteiger partial charge is 0.331 e. The lowest BCUT2D eigenvalue weighted by atomic mass is 10.1. The van der Waals surface area contributed by atoms with Crippen LogP contribution in [-0.2, 0) is 8.85 Å². The summed E-state index contributed by atoms with van der Waals surface area (Å²) in [6.07, 6.45) is 0. The Morgan fingerprint density at radius 2 is 1.00 bits per heavy atom. The van der Waals surface area contributed by atoms with Crippen molar-refractivity contribution in [1.29, 1.82) is 0 Å². The lowest BCUT2D eigenvalue weighted by molar-refractivity contribution is 0.196. The Morgan fingerprint density at radius 3 is 1.29 bits per heavy atom. The van der Waals surface area contributed by atoms with E-state index in [0.717, 1.165) is 13.2 Å². The molecular formula is C18H26O2Si. The van der Waals surface area contributed by atoms with Gasteiger partial charge in [0.2, 0.25) is 0 Å². The van der Waals surface area contributed by atoms with Gasteiger partial charge < -0.3 is 8.85 Å². The van der Waals surface area contributed by atoms with E-state index in [0.29, 0.717) is 0 Å². The fourth-order valence-electron chi connectivity index (χ4n) is 2.00. The summed E-state index contributed by atoms with van der Waals surface area (Å²) in [4.78, 5) is 0. The van der Waals surface area contributed by atoms with Crippen LogP contribution in [0.2, 0.25) is 13.1 Å². The first-order valence-electron chi connectivity index (χ1n) is 7.47. The minimum atomic E-state index is -1.70. The van der Waals surface area contributed by atoms with Crippen LogP contribution in [0.1, 0.15) is 13.8 Å². The first kappa shape index (κ1) is 17.6. The number of hydrogen-bond acceptors (Lipinski definition) is 2. The lowest BCUT2D eigenvalue weighted by Gasteiger charge is -2.20. The monoisotopic (exact) mass is 302 g/mol. The Bertz CT molecular complexity index is 438. The van der Waals surface area contributed by atoms with E-state index in [1.807, 2.05) is 26.0 Å². The van der Waals surface area contributed by atoms with Crippen LogP contribution >= 0.6 is 0 Å². The van der Waals surface area contributed by atoms with Crippen LogP contribution in [0.15, 0.2) is 60.7 Å². The van der Waals surface area contributed by atoms with Crippen LogP contribution in [0.3, 0.4) is 0 Å². The van der Waals surface area contributed by atoms with Crippen molar-refractivity contribution in [2.75, 3.05) is 13.2 Å². The number of benzene rings is 2. The largest absolute Gasteiger partial charge is 0.395 e. The molecule has 0 bridgehead atoms. The second-order valence-electron chi connectivity index (χ2n) is 5.00. The quantitative estimate of drug-likeness (QED) is 0.714. The van der Waals surface area contributed by atoms with E-state index in [2.05, 4.69) is 61.6 Å². The van der Waals surface area contributed by atoms with E-state index in [-0.39, 0.29) is 0 Å². The predicted octanol–water partition coefficient (Wildman–Crippen LogP) is 5.11. The highest BCUT2D eigenvalue weighted by molar-refractivity contribution is 6.64. The van der Waals surface area contributed by atoms with Gasteiger partial charge in [0.25, 0.3) is 0 Å². The normalized spacial score (nSPS) is 10.7. The van der Waals surface area contributed by atoms with E-state index >= 15 is 0 Å². The molecule has 0 saturated heterocycles. The van der Waals surface area contributed by atoms with Crippen LogP contribution in [0.25, 0.3) is 11.1 Å². The van der Waals surface area contributed by atoms with Gasteiger partial charge in [0.15, 0.2) is 0 Å². The molecule has 2 aromatic rings. The maximum atomic E-state index is 5.39. The lowest BCUT2D eigenvalue weighted by Crippen LogP contribution is -2.34. The van der Waals surface area contributed by atoms with Crippen LogP contribution < -0.4 is 0 Å². The Kier molecular flexibility index (Phi) is 7.98. The minimum Gasteiger partial charge on any atom is -0.395 e. The number of rotatable bonds is 5. The van der Waals surface area contributed by atoms with Gasteiger partial charge in [-0.15, -0.1) is 0 Å². The van der Waals surface area contributed by atoms with Gasteiger partial charge in [0, 0.05) is 13.2 Å². The van der Waals surface area contributed by atoms with E-state index in [9.17, 15) is 0 Å². The van der Waals surface area contributed by atoms with Crippen molar-refractivity contribution in [3.8, 4) is 11.1 Å².